The van der Waals surface area contributed by atoms with E-state index >= 15 is 0 Å². The molecule has 2 aromatic heterocycles. The number of fused-ring (bicyclic) bond motifs is 3. The zero-order valence-electron chi connectivity index (χ0n) is 15.9. The number of likely N-dealkylation sites (tertiary alicyclic amines) is 1. The molecule has 6 heteroatoms. The van der Waals surface area contributed by atoms with E-state index < -0.39 is 0 Å². The van der Waals surface area contributed by atoms with Crippen LogP contribution in [0.1, 0.15) is 55.3 Å². The normalized spacial score (nSPS) is 17.7. The minimum absolute atomic E-state index is 0.787. The molecule has 1 aliphatic heterocycles. The molecule has 26 heavy (non-hydrogen) atoms. The highest BCUT2D eigenvalue weighted by Gasteiger charge is 2.23. The summed E-state index contributed by atoms with van der Waals surface area (Å²) in [6.45, 7) is 7.78. The molecule has 4 rings (SSSR count). The maximum absolute atomic E-state index is 5.46. The molecule has 142 valence electrons. The lowest BCUT2D eigenvalue weighted by Gasteiger charge is -2.25. The third-order valence-electron chi connectivity index (χ3n) is 5.39. The van der Waals surface area contributed by atoms with E-state index in [1.807, 2.05) is 18.3 Å². The van der Waals surface area contributed by atoms with Crippen molar-refractivity contribution in [3.8, 4) is 0 Å². The van der Waals surface area contributed by atoms with E-state index in [0.29, 0.717) is 0 Å². The Morgan fingerprint density at radius 2 is 2.00 bits per heavy atom. The number of anilines is 1. The summed E-state index contributed by atoms with van der Waals surface area (Å²) in [7, 11) is 0. The smallest absolute Gasteiger partial charge is 0.146 e. The molecule has 0 bridgehead atoms. The molecule has 1 saturated heterocycles. The van der Waals surface area contributed by atoms with Gasteiger partial charge in [0, 0.05) is 24.6 Å². The van der Waals surface area contributed by atoms with Crippen LogP contribution in [0.3, 0.4) is 0 Å². The van der Waals surface area contributed by atoms with Crippen LogP contribution in [0.2, 0.25) is 0 Å². The molecule has 5 nitrogen and oxygen atoms in total. The lowest BCUT2D eigenvalue weighted by Crippen LogP contribution is -2.30. The number of hydrogen-bond donors (Lipinski definition) is 1. The first-order valence-electron chi connectivity index (χ1n) is 10.2. The molecule has 1 aliphatic carbocycles. The highest BCUT2D eigenvalue weighted by molar-refractivity contribution is 7.19. The summed E-state index contributed by atoms with van der Waals surface area (Å²) in [5, 5.41) is 4.89. The van der Waals surface area contributed by atoms with Crippen molar-refractivity contribution in [2.24, 2.45) is 0 Å². The number of aryl methyl sites for hydroxylation is 2. The number of rotatable bonds is 8. The Balaban J connectivity index is 1.55. The number of nitrogens with one attached hydrogen (secondary N) is 1. The van der Waals surface area contributed by atoms with Gasteiger partial charge in [-0.25, -0.2) is 9.97 Å². The molecule has 1 fully saturated rings. The van der Waals surface area contributed by atoms with E-state index in [2.05, 4.69) is 10.2 Å². The van der Waals surface area contributed by atoms with Crippen LogP contribution in [0.25, 0.3) is 10.2 Å². The first-order chi connectivity index (χ1) is 12.8. The van der Waals surface area contributed by atoms with Gasteiger partial charge < -0.3 is 10.1 Å². The van der Waals surface area contributed by atoms with E-state index in [1.54, 1.807) is 0 Å². The zero-order chi connectivity index (χ0) is 17.8. The molecule has 0 amide bonds. The summed E-state index contributed by atoms with van der Waals surface area (Å²) in [5.74, 6) is 2.03. The Labute approximate surface area is 160 Å². The van der Waals surface area contributed by atoms with Crippen LogP contribution >= 0.6 is 11.3 Å². The van der Waals surface area contributed by atoms with Crippen molar-refractivity contribution in [1.82, 2.24) is 14.9 Å². The molecule has 0 saturated carbocycles. The minimum atomic E-state index is 0.787. The summed E-state index contributed by atoms with van der Waals surface area (Å²) in [6.07, 6.45) is 8.64. The first-order valence-corrected chi connectivity index (χ1v) is 11.0. The maximum atomic E-state index is 5.46. The summed E-state index contributed by atoms with van der Waals surface area (Å²) < 4.78 is 5.46. The number of thiophene rings is 1. The molecule has 0 unspecified atom stereocenters. The van der Waals surface area contributed by atoms with Crippen LogP contribution < -0.4 is 5.32 Å². The second-order valence-corrected chi connectivity index (χ2v) is 8.42. The SMILES string of the molecule is CCOCCCNc1nc(CN2CCCCC2)nc2sc3c(c12)CCC3. The van der Waals surface area contributed by atoms with Crippen molar-refractivity contribution in [1.29, 1.82) is 0 Å². The summed E-state index contributed by atoms with van der Waals surface area (Å²) >= 11 is 1.89. The van der Waals surface area contributed by atoms with E-state index in [9.17, 15) is 0 Å². The monoisotopic (exact) mass is 374 g/mol. The van der Waals surface area contributed by atoms with Gasteiger partial charge in [0.15, 0.2) is 0 Å². The maximum Gasteiger partial charge on any atom is 0.146 e. The van der Waals surface area contributed by atoms with Crippen molar-refractivity contribution in [2.45, 2.75) is 58.4 Å². The molecule has 0 spiro atoms. The fourth-order valence-electron chi connectivity index (χ4n) is 4.08. The lowest BCUT2D eigenvalue weighted by molar-refractivity contribution is 0.147. The topological polar surface area (TPSA) is 50.3 Å². The first kappa shape index (κ1) is 18.1. The van der Waals surface area contributed by atoms with Crippen molar-refractivity contribution in [2.75, 3.05) is 38.2 Å². The standard InChI is InChI=1S/C20H30N4OS/c1-2-25-13-7-10-21-19-18-15-8-6-9-16(15)26-20(18)23-17(22-19)14-24-11-4-3-5-12-24/h2-14H2,1H3,(H,21,22,23). The highest BCUT2D eigenvalue weighted by atomic mass is 32.1. The molecule has 0 radical (unpaired) electrons. The summed E-state index contributed by atoms with van der Waals surface area (Å²) in [6, 6.07) is 0. The van der Waals surface area contributed by atoms with Crippen LogP contribution in [-0.2, 0) is 24.1 Å². The molecular formula is C20H30N4OS. The number of hydrogen-bond acceptors (Lipinski definition) is 6. The Kier molecular flexibility index (Phi) is 6.02. The molecule has 2 aromatic rings. The van der Waals surface area contributed by atoms with Gasteiger partial charge in [0.2, 0.25) is 0 Å². The number of ether oxygens (including phenoxy) is 1. The van der Waals surface area contributed by atoms with Gasteiger partial charge in [-0.2, -0.15) is 0 Å². The third kappa shape index (κ3) is 4.02. The Morgan fingerprint density at radius 3 is 2.85 bits per heavy atom. The molecule has 1 N–H and O–H groups in total. The van der Waals surface area contributed by atoms with Crippen molar-refractivity contribution >= 4 is 27.4 Å². The zero-order valence-corrected chi connectivity index (χ0v) is 16.7. The Hall–Kier alpha value is -1.24. The van der Waals surface area contributed by atoms with Crippen LogP contribution in [-0.4, -0.2) is 47.7 Å². The average Bonchev–Trinajstić information content (AvgIpc) is 3.23. The van der Waals surface area contributed by atoms with E-state index in [-0.39, 0.29) is 0 Å². The van der Waals surface area contributed by atoms with Gasteiger partial charge in [-0.15, -0.1) is 11.3 Å². The van der Waals surface area contributed by atoms with Gasteiger partial charge in [-0.1, -0.05) is 6.42 Å². The lowest BCUT2D eigenvalue weighted by atomic mass is 10.1. The number of piperidine rings is 1. The molecule has 2 aliphatic rings. The van der Waals surface area contributed by atoms with E-state index in [0.717, 1.165) is 44.4 Å². The fourth-order valence-corrected chi connectivity index (χ4v) is 5.36. The molecule has 0 aromatic carbocycles. The largest absolute Gasteiger partial charge is 0.382 e. The van der Waals surface area contributed by atoms with Crippen molar-refractivity contribution in [3.05, 3.63) is 16.3 Å². The predicted molar refractivity (Wildman–Crippen MR) is 108 cm³/mol. The van der Waals surface area contributed by atoms with Crippen molar-refractivity contribution in [3.63, 3.8) is 0 Å². The van der Waals surface area contributed by atoms with Gasteiger partial charge in [0.1, 0.15) is 16.5 Å². The van der Waals surface area contributed by atoms with Gasteiger partial charge in [-0.05, 0) is 64.1 Å². The van der Waals surface area contributed by atoms with Gasteiger partial charge in [-0.3, -0.25) is 4.90 Å². The average molecular weight is 375 g/mol. The highest BCUT2D eigenvalue weighted by Crippen LogP contribution is 2.39. The number of aromatic nitrogens is 2. The van der Waals surface area contributed by atoms with Gasteiger partial charge in [0.25, 0.3) is 0 Å². The van der Waals surface area contributed by atoms with Crippen LogP contribution in [0.5, 0.6) is 0 Å². The molecule has 3 heterocycles. The molecular weight excluding hydrogens is 344 g/mol. The quantitative estimate of drug-likeness (QED) is 0.708. The predicted octanol–water partition coefficient (Wildman–Crippen LogP) is 4.00. The molecule has 0 atom stereocenters. The second kappa shape index (κ2) is 8.63. The third-order valence-corrected chi connectivity index (χ3v) is 6.57. The minimum Gasteiger partial charge on any atom is -0.382 e. The van der Waals surface area contributed by atoms with Crippen LogP contribution in [0.15, 0.2) is 0 Å². The fraction of sp³-hybridized carbons (Fsp3) is 0.700. The van der Waals surface area contributed by atoms with E-state index in [1.165, 1.54) is 72.3 Å². The van der Waals surface area contributed by atoms with Crippen molar-refractivity contribution < 1.29 is 4.74 Å². The Morgan fingerprint density at radius 1 is 1.12 bits per heavy atom. The summed E-state index contributed by atoms with van der Waals surface area (Å²) in [4.78, 5) is 15.1. The van der Waals surface area contributed by atoms with Crippen LogP contribution in [0, 0.1) is 0 Å². The summed E-state index contributed by atoms with van der Waals surface area (Å²) in [5.41, 5.74) is 1.50. The second-order valence-electron chi connectivity index (χ2n) is 7.34. The number of nitrogens with zero attached hydrogens (tertiary/aromatic N) is 3. The Bertz CT molecular complexity index is 739. The van der Waals surface area contributed by atoms with Gasteiger partial charge >= 0.3 is 0 Å². The van der Waals surface area contributed by atoms with Gasteiger partial charge in [0.05, 0.1) is 11.9 Å². The van der Waals surface area contributed by atoms with E-state index in [4.69, 9.17) is 14.7 Å². The van der Waals surface area contributed by atoms with Crippen LogP contribution in [0.4, 0.5) is 5.82 Å².